The molecule has 7 nitrogen and oxygen atoms in total. The van der Waals surface area contributed by atoms with Gasteiger partial charge < -0.3 is 20.3 Å². The van der Waals surface area contributed by atoms with E-state index in [2.05, 4.69) is 41.7 Å². The monoisotopic (exact) mass is 405 g/mol. The fourth-order valence-corrected chi connectivity index (χ4v) is 2.93. The van der Waals surface area contributed by atoms with Crippen molar-refractivity contribution in [2.45, 2.75) is 0 Å². The van der Waals surface area contributed by atoms with Crippen molar-refractivity contribution in [2.75, 3.05) is 49.6 Å². The van der Waals surface area contributed by atoms with Crippen molar-refractivity contribution in [1.29, 1.82) is 0 Å². The van der Waals surface area contributed by atoms with Crippen molar-refractivity contribution in [3.05, 3.63) is 46.6 Å². The number of amides is 1. The molecule has 3 rings (SSSR count). The lowest BCUT2D eigenvalue weighted by Crippen LogP contribution is -2.36. The predicted octanol–water partition coefficient (Wildman–Crippen LogP) is 1.92. The molecule has 132 valence electrons. The van der Waals surface area contributed by atoms with Gasteiger partial charge in [-0.3, -0.25) is 4.79 Å². The fourth-order valence-electron chi connectivity index (χ4n) is 2.54. The minimum Gasteiger partial charge on any atom is -0.378 e. The van der Waals surface area contributed by atoms with Gasteiger partial charge in [-0.15, -0.1) is 5.10 Å². The predicted molar refractivity (Wildman–Crippen MR) is 100 cm³/mol. The zero-order valence-electron chi connectivity index (χ0n) is 13.7. The van der Waals surface area contributed by atoms with Crippen molar-refractivity contribution in [1.82, 2.24) is 15.5 Å². The van der Waals surface area contributed by atoms with Gasteiger partial charge in [-0.1, -0.05) is 22.0 Å². The quantitative estimate of drug-likeness (QED) is 0.714. The topological polar surface area (TPSA) is 79.4 Å². The minimum atomic E-state index is -0.101. The Balaban J connectivity index is 1.46. The van der Waals surface area contributed by atoms with E-state index in [1.54, 1.807) is 18.3 Å². The Bertz CT molecular complexity index is 722. The Kier molecular flexibility index (Phi) is 6.19. The molecule has 0 bridgehead atoms. The van der Waals surface area contributed by atoms with Crippen molar-refractivity contribution >= 4 is 33.3 Å². The van der Waals surface area contributed by atoms with Crippen LogP contribution >= 0.6 is 15.9 Å². The van der Waals surface area contributed by atoms with Gasteiger partial charge in [0.15, 0.2) is 5.82 Å². The van der Waals surface area contributed by atoms with Crippen molar-refractivity contribution in [3.8, 4) is 0 Å². The lowest BCUT2D eigenvalue weighted by atomic mass is 10.2. The van der Waals surface area contributed by atoms with Crippen LogP contribution in [0, 0.1) is 0 Å². The van der Waals surface area contributed by atoms with Crippen molar-refractivity contribution in [3.63, 3.8) is 0 Å². The normalized spacial score (nSPS) is 14.2. The van der Waals surface area contributed by atoms with E-state index >= 15 is 0 Å². The highest BCUT2D eigenvalue weighted by molar-refractivity contribution is 9.10. The van der Waals surface area contributed by atoms with Gasteiger partial charge >= 0.3 is 0 Å². The van der Waals surface area contributed by atoms with Crippen LogP contribution in [-0.4, -0.2) is 55.5 Å². The van der Waals surface area contributed by atoms with Gasteiger partial charge in [0, 0.05) is 42.3 Å². The second-order valence-electron chi connectivity index (χ2n) is 5.59. The molecule has 0 radical (unpaired) electrons. The molecule has 1 aliphatic heterocycles. The fraction of sp³-hybridized carbons (Fsp3) is 0.353. The SMILES string of the molecule is O=C(NCCNc1cc(N2CCOCC2)cnn1)c1cccc(Br)c1. The zero-order valence-corrected chi connectivity index (χ0v) is 15.3. The van der Waals surface area contributed by atoms with Gasteiger partial charge in [0.25, 0.3) is 5.91 Å². The molecule has 1 aromatic heterocycles. The minimum absolute atomic E-state index is 0.101. The van der Waals surface area contributed by atoms with E-state index in [9.17, 15) is 4.79 Å². The summed E-state index contributed by atoms with van der Waals surface area (Å²) < 4.78 is 6.24. The summed E-state index contributed by atoms with van der Waals surface area (Å²) in [5.74, 6) is 0.594. The van der Waals surface area contributed by atoms with E-state index in [0.717, 1.165) is 36.5 Å². The molecule has 2 aromatic rings. The molecule has 2 N–H and O–H groups in total. The molecule has 0 unspecified atom stereocenters. The van der Waals surface area contributed by atoms with Crippen LogP contribution < -0.4 is 15.5 Å². The third kappa shape index (κ3) is 5.14. The van der Waals surface area contributed by atoms with Gasteiger partial charge in [-0.25, -0.2) is 0 Å². The number of halogens is 1. The van der Waals surface area contributed by atoms with Crippen LogP contribution in [0.5, 0.6) is 0 Å². The first kappa shape index (κ1) is 17.6. The van der Waals surface area contributed by atoms with Gasteiger partial charge in [0.2, 0.25) is 0 Å². The van der Waals surface area contributed by atoms with Gasteiger partial charge in [0.05, 0.1) is 25.1 Å². The Labute approximate surface area is 154 Å². The number of nitrogens with one attached hydrogen (secondary N) is 2. The van der Waals surface area contributed by atoms with E-state index in [0.29, 0.717) is 24.5 Å². The zero-order chi connectivity index (χ0) is 17.5. The lowest BCUT2D eigenvalue weighted by molar-refractivity contribution is 0.0955. The molecule has 0 atom stereocenters. The van der Waals surface area contributed by atoms with E-state index in [1.807, 2.05) is 18.2 Å². The molecule has 0 saturated carbocycles. The number of hydrogen-bond donors (Lipinski definition) is 2. The van der Waals surface area contributed by atoms with E-state index in [1.165, 1.54) is 0 Å². The summed E-state index contributed by atoms with van der Waals surface area (Å²) in [7, 11) is 0. The molecule has 8 heteroatoms. The molecule has 1 fully saturated rings. The van der Waals surface area contributed by atoms with Crippen molar-refractivity contribution in [2.24, 2.45) is 0 Å². The van der Waals surface area contributed by atoms with Gasteiger partial charge in [-0.05, 0) is 18.2 Å². The summed E-state index contributed by atoms with van der Waals surface area (Å²) in [6, 6.07) is 9.27. The van der Waals surface area contributed by atoms with Crippen LogP contribution in [0.4, 0.5) is 11.5 Å². The van der Waals surface area contributed by atoms with Crippen LogP contribution in [0.25, 0.3) is 0 Å². The number of benzene rings is 1. The maximum atomic E-state index is 12.1. The first-order valence-corrected chi connectivity index (χ1v) is 8.95. The molecular weight excluding hydrogens is 386 g/mol. The molecule has 1 amide bonds. The van der Waals surface area contributed by atoms with Crippen LogP contribution in [-0.2, 0) is 4.74 Å². The van der Waals surface area contributed by atoms with Gasteiger partial charge in [0.1, 0.15) is 0 Å². The summed E-state index contributed by atoms with van der Waals surface area (Å²) >= 11 is 3.36. The Hall–Kier alpha value is -2.19. The molecule has 1 aliphatic rings. The molecule has 0 aliphatic carbocycles. The number of ether oxygens (including phenoxy) is 1. The first-order chi connectivity index (χ1) is 12.2. The maximum Gasteiger partial charge on any atom is 0.251 e. The van der Waals surface area contributed by atoms with Gasteiger partial charge in [-0.2, -0.15) is 5.10 Å². The highest BCUT2D eigenvalue weighted by Gasteiger charge is 2.12. The second-order valence-corrected chi connectivity index (χ2v) is 6.51. The Morgan fingerprint density at radius 1 is 1.24 bits per heavy atom. The summed E-state index contributed by atoms with van der Waals surface area (Å²) in [5.41, 5.74) is 1.66. The molecular formula is C17H20BrN5O2. The second kappa shape index (κ2) is 8.77. The maximum absolute atomic E-state index is 12.1. The largest absolute Gasteiger partial charge is 0.378 e. The average Bonchev–Trinajstić information content (AvgIpc) is 2.66. The number of aromatic nitrogens is 2. The number of carbonyl (C=O) groups is 1. The average molecular weight is 406 g/mol. The Morgan fingerprint density at radius 2 is 2.08 bits per heavy atom. The first-order valence-electron chi connectivity index (χ1n) is 8.15. The third-order valence-electron chi connectivity index (χ3n) is 3.82. The van der Waals surface area contributed by atoms with E-state index < -0.39 is 0 Å². The van der Waals surface area contributed by atoms with Crippen LogP contribution in [0.3, 0.4) is 0 Å². The summed E-state index contributed by atoms with van der Waals surface area (Å²) in [4.78, 5) is 14.3. The number of carbonyl (C=O) groups excluding carboxylic acids is 1. The summed E-state index contributed by atoms with van der Waals surface area (Å²) in [6.07, 6.45) is 1.76. The third-order valence-corrected chi connectivity index (χ3v) is 4.31. The van der Waals surface area contributed by atoms with E-state index in [-0.39, 0.29) is 5.91 Å². The lowest BCUT2D eigenvalue weighted by Gasteiger charge is -2.28. The Morgan fingerprint density at radius 3 is 2.88 bits per heavy atom. The number of rotatable bonds is 6. The van der Waals surface area contributed by atoms with E-state index in [4.69, 9.17) is 4.74 Å². The van der Waals surface area contributed by atoms with Crippen LogP contribution in [0.15, 0.2) is 41.0 Å². The van der Waals surface area contributed by atoms with Crippen LogP contribution in [0.2, 0.25) is 0 Å². The number of nitrogens with zero attached hydrogens (tertiary/aromatic N) is 3. The standard InChI is InChI=1S/C17H20BrN5O2/c18-14-3-1-2-13(10-14)17(24)20-5-4-19-16-11-15(12-21-22-16)23-6-8-25-9-7-23/h1-3,10-12H,4-9H2,(H,19,22)(H,20,24). The van der Waals surface area contributed by atoms with Crippen molar-refractivity contribution < 1.29 is 9.53 Å². The summed E-state index contributed by atoms with van der Waals surface area (Å²) in [5, 5.41) is 14.2. The number of hydrogen-bond acceptors (Lipinski definition) is 6. The highest BCUT2D eigenvalue weighted by atomic mass is 79.9. The summed E-state index contributed by atoms with van der Waals surface area (Å²) in [6.45, 7) is 4.23. The molecule has 1 saturated heterocycles. The molecule has 0 spiro atoms. The molecule has 2 heterocycles. The smallest absolute Gasteiger partial charge is 0.251 e. The number of anilines is 2. The number of morpholine rings is 1. The molecule has 1 aromatic carbocycles. The molecule has 25 heavy (non-hydrogen) atoms. The highest BCUT2D eigenvalue weighted by Crippen LogP contribution is 2.17. The van der Waals surface area contributed by atoms with Crippen LogP contribution in [0.1, 0.15) is 10.4 Å².